The van der Waals surface area contributed by atoms with Gasteiger partial charge >= 0.3 is 0 Å². The number of aliphatic hydroxyl groups is 1. The summed E-state index contributed by atoms with van der Waals surface area (Å²) in [5.41, 5.74) is 0.672. The minimum Gasteiger partial charge on any atom is -0.390 e. The van der Waals surface area contributed by atoms with Gasteiger partial charge in [-0.15, -0.1) is 0 Å². The minimum atomic E-state index is -0.0250. The number of hydrogen-bond acceptors (Lipinski definition) is 4. The van der Waals surface area contributed by atoms with Gasteiger partial charge < -0.3 is 10.0 Å². The van der Waals surface area contributed by atoms with Gasteiger partial charge in [0.15, 0.2) is 0 Å². The number of aliphatic hydroxyl groups excluding tert-OH is 1. The van der Waals surface area contributed by atoms with Crippen LogP contribution in [-0.4, -0.2) is 27.7 Å². The molecule has 98 valence electrons. The topological polar surface area (TPSA) is 49.3 Å². The largest absolute Gasteiger partial charge is 0.390 e. The van der Waals surface area contributed by atoms with E-state index in [1.807, 2.05) is 6.20 Å². The molecule has 4 nitrogen and oxygen atoms in total. The van der Waals surface area contributed by atoms with E-state index < -0.39 is 0 Å². The summed E-state index contributed by atoms with van der Waals surface area (Å²) >= 11 is 0. The zero-order valence-electron chi connectivity index (χ0n) is 10.8. The lowest BCUT2D eigenvalue weighted by Crippen LogP contribution is -2.47. The summed E-state index contributed by atoms with van der Waals surface area (Å²) in [7, 11) is 0. The Balaban J connectivity index is 1.84. The number of fused-ring (bicyclic) bond motifs is 1. The van der Waals surface area contributed by atoms with Gasteiger partial charge in [0.05, 0.1) is 24.7 Å². The number of aromatic nitrogens is 2. The Morgan fingerprint density at radius 2 is 2.00 bits per heavy atom. The minimum absolute atomic E-state index is 0.0250. The van der Waals surface area contributed by atoms with Gasteiger partial charge in [-0.2, -0.15) is 0 Å². The van der Waals surface area contributed by atoms with Crippen molar-refractivity contribution in [3.63, 3.8) is 0 Å². The predicted molar refractivity (Wildman–Crippen MR) is 70.3 cm³/mol. The summed E-state index contributed by atoms with van der Waals surface area (Å²) in [6.45, 7) is 1.06. The highest BCUT2D eigenvalue weighted by Crippen LogP contribution is 2.36. The van der Waals surface area contributed by atoms with Crippen molar-refractivity contribution in [2.75, 3.05) is 11.4 Å². The average molecular weight is 247 g/mol. The van der Waals surface area contributed by atoms with Crippen LogP contribution >= 0.6 is 0 Å². The number of hydrogen-bond donors (Lipinski definition) is 1. The highest BCUT2D eigenvalue weighted by Gasteiger charge is 2.33. The highest BCUT2D eigenvalue weighted by molar-refractivity contribution is 5.39. The quantitative estimate of drug-likeness (QED) is 0.869. The lowest BCUT2D eigenvalue weighted by Gasteiger charge is -2.44. The zero-order chi connectivity index (χ0) is 12.4. The van der Waals surface area contributed by atoms with E-state index in [2.05, 4.69) is 14.9 Å². The number of rotatable bonds is 2. The third-order valence-electron chi connectivity index (χ3n) is 4.37. The van der Waals surface area contributed by atoms with Crippen LogP contribution in [-0.2, 0) is 6.61 Å². The first-order valence-electron chi connectivity index (χ1n) is 7.07. The van der Waals surface area contributed by atoms with Crippen molar-refractivity contribution < 1.29 is 5.11 Å². The van der Waals surface area contributed by atoms with Crippen molar-refractivity contribution in [1.82, 2.24) is 9.97 Å². The maximum Gasteiger partial charge on any atom is 0.147 e. The third-order valence-corrected chi connectivity index (χ3v) is 4.37. The molecule has 2 atom stereocenters. The van der Waals surface area contributed by atoms with Crippen LogP contribution in [0, 0.1) is 5.92 Å². The molecule has 1 saturated heterocycles. The van der Waals surface area contributed by atoms with Gasteiger partial charge in [-0.05, 0) is 31.6 Å². The van der Waals surface area contributed by atoms with Crippen LogP contribution in [0.1, 0.15) is 44.2 Å². The van der Waals surface area contributed by atoms with Crippen LogP contribution in [0.25, 0.3) is 0 Å². The van der Waals surface area contributed by atoms with Gasteiger partial charge in [0.25, 0.3) is 0 Å². The monoisotopic (exact) mass is 247 g/mol. The van der Waals surface area contributed by atoms with E-state index in [-0.39, 0.29) is 6.61 Å². The summed E-state index contributed by atoms with van der Waals surface area (Å²) in [4.78, 5) is 11.2. The van der Waals surface area contributed by atoms with Crippen LogP contribution in [0.15, 0.2) is 12.4 Å². The van der Waals surface area contributed by atoms with Crippen LogP contribution in [0.4, 0.5) is 5.82 Å². The molecule has 3 rings (SSSR count). The van der Waals surface area contributed by atoms with Crippen LogP contribution in [0.5, 0.6) is 0 Å². The molecule has 0 amide bonds. The van der Waals surface area contributed by atoms with Gasteiger partial charge in [-0.3, -0.25) is 4.98 Å². The standard InChI is InChI=1S/C14H21N3O/c18-10-12-8-15-9-14(16-12)17-7-3-5-11-4-1-2-6-13(11)17/h8-9,11,13,18H,1-7,10H2/t11-,13-/m1/s1. The second kappa shape index (κ2) is 5.22. The van der Waals surface area contributed by atoms with Gasteiger partial charge in [-0.25, -0.2) is 4.98 Å². The van der Waals surface area contributed by atoms with Crippen LogP contribution in [0.3, 0.4) is 0 Å². The fourth-order valence-corrected chi connectivity index (χ4v) is 3.52. The van der Waals surface area contributed by atoms with Crippen molar-refractivity contribution in [2.45, 2.75) is 51.2 Å². The van der Waals surface area contributed by atoms with Gasteiger partial charge in [0.2, 0.25) is 0 Å². The lowest BCUT2D eigenvalue weighted by molar-refractivity contribution is 0.241. The first kappa shape index (κ1) is 11.9. The molecule has 2 heterocycles. The molecule has 1 aromatic heterocycles. The Morgan fingerprint density at radius 3 is 2.89 bits per heavy atom. The number of piperidine rings is 1. The normalized spacial score (nSPS) is 27.9. The Morgan fingerprint density at radius 1 is 1.17 bits per heavy atom. The molecule has 1 aromatic rings. The molecule has 0 aromatic carbocycles. The van der Waals surface area contributed by atoms with Crippen molar-refractivity contribution in [3.8, 4) is 0 Å². The maximum absolute atomic E-state index is 9.17. The van der Waals surface area contributed by atoms with E-state index in [0.29, 0.717) is 11.7 Å². The highest BCUT2D eigenvalue weighted by atomic mass is 16.3. The predicted octanol–water partition coefficient (Wildman–Crippen LogP) is 2.13. The Hall–Kier alpha value is -1.16. The molecular formula is C14H21N3O. The molecule has 4 heteroatoms. The average Bonchev–Trinajstić information content (AvgIpc) is 2.47. The van der Waals surface area contributed by atoms with E-state index in [0.717, 1.165) is 18.3 Å². The number of nitrogens with zero attached hydrogens (tertiary/aromatic N) is 3. The Labute approximate surface area is 108 Å². The van der Waals surface area contributed by atoms with Crippen molar-refractivity contribution in [2.24, 2.45) is 5.92 Å². The zero-order valence-corrected chi connectivity index (χ0v) is 10.8. The van der Waals surface area contributed by atoms with Gasteiger partial charge in [0, 0.05) is 12.6 Å². The van der Waals surface area contributed by atoms with Crippen molar-refractivity contribution >= 4 is 5.82 Å². The van der Waals surface area contributed by atoms with E-state index in [1.165, 1.54) is 38.5 Å². The van der Waals surface area contributed by atoms with E-state index in [9.17, 15) is 5.11 Å². The molecule has 1 saturated carbocycles. The molecule has 0 bridgehead atoms. The molecule has 18 heavy (non-hydrogen) atoms. The molecule has 0 radical (unpaired) electrons. The van der Waals surface area contributed by atoms with Crippen LogP contribution < -0.4 is 4.90 Å². The van der Waals surface area contributed by atoms with E-state index in [1.54, 1.807) is 6.20 Å². The fourth-order valence-electron chi connectivity index (χ4n) is 3.52. The molecule has 2 fully saturated rings. The van der Waals surface area contributed by atoms with Gasteiger partial charge in [-0.1, -0.05) is 12.8 Å². The van der Waals surface area contributed by atoms with Crippen molar-refractivity contribution in [3.05, 3.63) is 18.1 Å². The SMILES string of the molecule is OCc1cncc(N2CCC[C@H]3CCCC[C@H]32)n1. The molecule has 1 aliphatic heterocycles. The molecule has 1 aliphatic carbocycles. The summed E-state index contributed by atoms with van der Waals surface area (Å²) in [5.74, 6) is 1.80. The Kier molecular flexibility index (Phi) is 3.46. The maximum atomic E-state index is 9.17. The second-order valence-electron chi connectivity index (χ2n) is 5.47. The molecular weight excluding hydrogens is 226 g/mol. The molecule has 1 N–H and O–H groups in total. The third kappa shape index (κ3) is 2.21. The molecule has 0 spiro atoms. The second-order valence-corrected chi connectivity index (χ2v) is 5.47. The summed E-state index contributed by atoms with van der Waals surface area (Å²) in [6.07, 6.45) is 11.5. The van der Waals surface area contributed by atoms with E-state index in [4.69, 9.17) is 0 Å². The summed E-state index contributed by atoms with van der Waals surface area (Å²) in [6, 6.07) is 0.649. The fraction of sp³-hybridized carbons (Fsp3) is 0.714. The summed E-state index contributed by atoms with van der Waals surface area (Å²) < 4.78 is 0. The van der Waals surface area contributed by atoms with Crippen LogP contribution in [0.2, 0.25) is 0 Å². The van der Waals surface area contributed by atoms with E-state index >= 15 is 0 Å². The first-order valence-corrected chi connectivity index (χ1v) is 7.07. The molecule has 0 unspecified atom stereocenters. The van der Waals surface area contributed by atoms with Gasteiger partial charge in [0.1, 0.15) is 5.82 Å². The Bertz CT molecular complexity index is 408. The number of anilines is 1. The first-order chi connectivity index (χ1) is 8.88. The summed E-state index contributed by atoms with van der Waals surface area (Å²) in [5, 5.41) is 9.17. The lowest BCUT2D eigenvalue weighted by atomic mass is 9.78. The molecule has 2 aliphatic rings. The van der Waals surface area contributed by atoms with Crippen molar-refractivity contribution in [1.29, 1.82) is 0 Å². The smallest absolute Gasteiger partial charge is 0.147 e.